The Bertz CT molecular complexity index is 538. The van der Waals surface area contributed by atoms with Gasteiger partial charge in [-0.15, -0.1) is 11.6 Å². The molecule has 0 aliphatic carbocycles. The van der Waals surface area contributed by atoms with Gasteiger partial charge in [-0.3, -0.25) is 4.79 Å². The minimum Gasteiger partial charge on any atom is -0.361 e. The topological polar surface area (TPSA) is 44.9 Å². The molecule has 0 aliphatic rings. The average molecular weight is 255 g/mol. The zero-order valence-corrected chi connectivity index (χ0v) is 9.85. The number of aromatic nitrogens is 1. The maximum absolute atomic E-state index is 13.0. The summed E-state index contributed by atoms with van der Waals surface area (Å²) in [5, 5.41) is 3.67. The molecule has 2 N–H and O–H groups in total. The molecule has 0 saturated heterocycles. The van der Waals surface area contributed by atoms with Gasteiger partial charge in [0.2, 0.25) is 5.91 Å². The van der Waals surface area contributed by atoms with Crippen LogP contribution >= 0.6 is 11.6 Å². The number of carbonyl (C=O) groups is 1. The summed E-state index contributed by atoms with van der Waals surface area (Å²) in [6.45, 7) is 0.524. The number of nitrogens with one attached hydrogen (secondary N) is 2. The standard InChI is InChI=1S/C12H12ClFN2O/c13-6-12(17)15-4-3-8-7-16-11-5-9(14)1-2-10(8)11/h1-2,5,7,16H,3-4,6H2,(H,15,17). The molecule has 5 heteroatoms. The van der Waals surface area contributed by atoms with Gasteiger partial charge < -0.3 is 10.3 Å². The second-order valence-corrected chi connectivity index (χ2v) is 4.00. The molecule has 90 valence electrons. The number of benzene rings is 1. The van der Waals surface area contributed by atoms with Gasteiger partial charge >= 0.3 is 0 Å². The van der Waals surface area contributed by atoms with Crippen LogP contribution in [0, 0.1) is 5.82 Å². The zero-order valence-electron chi connectivity index (χ0n) is 9.09. The van der Waals surface area contributed by atoms with Gasteiger partial charge in [0, 0.05) is 23.6 Å². The van der Waals surface area contributed by atoms with Crippen LogP contribution in [0.5, 0.6) is 0 Å². The van der Waals surface area contributed by atoms with Crippen molar-refractivity contribution in [2.75, 3.05) is 12.4 Å². The van der Waals surface area contributed by atoms with E-state index in [1.54, 1.807) is 6.07 Å². The lowest BCUT2D eigenvalue weighted by Gasteiger charge is -2.02. The molecule has 17 heavy (non-hydrogen) atoms. The molecule has 0 radical (unpaired) electrons. The molecule has 1 aromatic heterocycles. The van der Waals surface area contributed by atoms with Crippen molar-refractivity contribution in [2.45, 2.75) is 6.42 Å². The van der Waals surface area contributed by atoms with Gasteiger partial charge in [-0.2, -0.15) is 0 Å². The van der Waals surface area contributed by atoms with Crippen molar-refractivity contribution >= 4 is 28.4 Å². The molecule has 1 aromatic carbocycles. The summed E-state index contributed by atoms with van der Waals surface area (Å²) >= 11 is 5.37. The third-order valence-electron chi connectivity index (χ3n) is 2.57. The van der Waals surface area contributed by atoms with Gasteiger partial charge in [-0.1, -0.05) is 0 Å². The average Bonchev–Trinajstić information content (AvgIpc) is 2.71. The number of fused-ring (bicyclic) bond motifs is 1. The Morgan fingerprint density at radius 2 is 2.29 bits per heavy atom. The predicted molar refractivity (Wildman–Crippen MR) is 65.7 cm³/mol. The van der Waals surface area contributed by atoms with Crippen molar-refractivity contribution in [3.05, 3.63) is 35.8 Å². The van der Waals surface area contributed by atoms with Crippen LogP contribution in [-0.2, 0) is 11.2 Å². The number of amides is 1. The fourth-order valence-corrected chi connectivity index (χ4v) is 1.84. The fraction of sp³-hybridized carbons (Fsp3) is 0.250. The van der Waals surface area contributed by atoms with Crippen molar-refractivity contribution in [3.63, 3.8) is 0 Å². The number of carbonyl (C=O) groups excluding carboxylic acids is 1. The molecule has 2 aromatic rings. The summed E-state index contributed by atoms with van der Waals surface area (Å²) in [4.78, 5) is 14.0. The highest BCUT2D eigenvalue weighted by Gasteiger charge is 2.05. The largest absolute Gasteiger partial charge is 0.361 e. The van der Waals surface area contributed by atoms with E-state index in [4.69, 9.17) is 11.6 Å². The maximum atomic E-state index is 13.0. The molecular weight excluding hydrogens is 243 g/mol. The Morgan fingerprint density at radius 1 is 1.47 bits per heavy atom. The Labute approximate surface area is 103 Å². The van der Waals surface area contributed by atoms with E-state index >= 15 is 0 Å². The van der Waals surface area contributed by atoms with Gasteiger partial charge in [0.15, 0.2) is 0 Å². The summed E-state index contributed by atoms with van der Waals surface area (Å²) in [5.41, 5.74) is 1.82. The first-order valence-electron chi connectivity index (χ1n) is 5.29. The normalized spacial score (nSPS) is 10.7. The molecule has 0 atom stereocenters. The summed E-state index contributed by atoms with van der Waals surface area (Å²) in [5.74, 6) is -0.474. The maximum Gasteiger partial charge on any atom is 0.234 e. The monoisotopic (exact) mass is 254 g/mol. The lowest BCUT2D eigenvalue weighted by molar-refractivity contribution is -0.118. The number of halogens is 2. The van der Waals surface area contributed by atoms with Gasteiger partial charge in [0.1, 0.15) is 11.7 Å². The highest BCUT2D eigenvalue weighted by Crippen LogP contribution is 2.19. The number of hydrogen-bond donors (Lipinski definition) is 2. The first-order valence-corrected chi connectivity index (χ1v) is 5.82. The zero-order chi connectivity index (χ0) is 12.3. The molecule has 1 heterocycles. The van der Waals surface area contributed by atoms with E-state index in [0.717, 1.165) is 16.5 Å². The van der Waals surface area contributed by atoms with Crippen LogP contribution in [0.4, 0.5) is 4.39 Å². The van der Waals surface area contributed by atoms with Gasteiger partial charge in [0.05, 0.1) is 0 Å². The first kappa shape index (κ1) is 11.9. The summed E-state index contributed by atoms with van der Waals surface area (Å²) in [6, 6.07) is 4.62. The lowest BCUT2D eigenvalue weighted by atomic mass is 10.1. The van der Waals surface area contributed by atoms with Gasteiger partial charge in [-0.25, -0.2) is 4.39 Å². The van der Waals surface area contributed by atoms with Crippen LogP contribution in [0.15, 0.2) is 24.4 Å². The van der Waals surface area contributed by atoms with Crippen molar-refractivity contribution in [1.29, 1.82) is 0 Å². The third-order valence-corrected chi connectivity index (χ3v) is 2.81. The first-order chi connectivity index (χ1) is 8.20. The Morgan fingerprint density at radius 3 is 3.06 bits per heavy atom. The van der Waals surface area contributed by atoms with Crippen molar-refractivity contribution in [3.8, 4) is 0 Å². The molecule has 0 fully saturated rings. The van der Waals surface area contributed by atoms with Crippen molar-refractivity contribution in [1.82, 2.24) is 10.3 Å². The van der Waals surface area contributed by atoms with E-state index in [1.165, 1.54) is 12.1 Å². The van der Waals surface area contributed by atoms with E-state index in [9.17, 15) is 9.18 Å². The number of aromatic amines is 1. The van der Waals surface area contributed by atoms with Crippen LogP contribution < -0.4 is 5.32 Å². The van der Waals surface area contributed by atoms with E-state index in [-0.39, 0.29) is 17.6 Å². The van der Waals surface area contributed by atoms with Gasteiger partial charge in [-0.05, 0) is 30.2 Å². The molecule has 3 nitrogen and oxygen atoms in total. The fourth-order valence-electron chi connectivity index (χ4n) is 1.75. The quantitative estimate of drug-likeness (QED) is 0.808. The highest BCUT2D eigenvalue weighted by atomic mass is 35.5. The molecule has 1 amide bonds. The molecule has 0 saturated carbocycles. The minimum absolute atomic E-state index is 0.0287. The van der Waals surface area contributed by atoms with E-state index in [1.807, 2.05) is 6.20 Å². The van der Waals surface area contributed by atoms with E-state index in [2.05, 4.69) is 10.3 Å². The Balaban J connectivity index is 2.06. The number of hydrogen-bond acceptors (Lipinski definition) is 1. The van der Waals surface area contributed by atoms with Crippen LogP contribution in [-0.4, -0.2) is 23.3 Å². The van der Waals surface area contributed by atoms with Crippen LogP contribution in [0.3, 0.4) is 0 Å². The molecule has 0 bridgehead atoms. The van der Waals surface area contributed by atoms with Crippen LogP contribution in [0.1, 0.15) is 5.56 Å². The van der Waals surface area contributed by atoms with E-state index in [0.29, 0.717) is 13.0 Å². The SMILES string of the molecule is O=C(CCl)NCCc1c[nH]c2cc(F)ccc12. The number of alkyl halides is 1. The van der Waals surface area contributed by atoms with Crippen LogP contribution in [0.25, 0.3) is 10.9 Å². The second-order valence-electron chi connectivity index (χ2n) is 3.74. The van der Waals surface area contributed by atoms with Gasteiger partial charge in [0.25, 0.3) is 0 Å². The van der Waals surface area contributed by atoms with Crippen molar-refractivity contribution < 1.29 is 9.18 Å². The summed E-state index contributed by atoms with van der Waals surface area (Å²) in [7, 11) is 0. The molecule has 0 unspecified atom stereocenters. The van der Waals surface area contributed by atoms with Crippen LogP contribution in [0.2, 0.25) is 0 Å². The number of H-pyrrole nitrogens is 1. The highest BCUT2D eigenvalue weighted by molar-refractivity contribution is 6.27. The summed E-state index contributed by atoms with van der Waals surface area (Å²) in [6.07, 6.45) is 2.52. The van der Waals surface area contributed by atoms with E-state index < -0.39 is 0 Å². The molecule has 0 spiro atoms. The lowest BCUT2D eigenvalue weighted by Crippen LogP contribution is -2.26. The second kappa shape index (κ2) is 5.19. The summed E-state index contributed by atoms with van der Waals surface area (Å²) < 4.78 is 13.0. The molecular formula is C12H12ClFN2O. The predicted octanol–water partition coefficient (Wildman–Crippen LogP) is 2.20. The Hall–Kier alpha value is -1.55. The third kappa shape index (κ3) is 2.77. The minimum atomic E-state index is -0.263. The Kier molecular flexibility index (Phi) is 3.64. The number of rotatable bonds is 4. The van der Waals surface area contributed by atoms with Crippen molar-refractivity contribution in [2.24, 2.45) is 0 Å². The smallest absolute Gasteiger partial charge is 0.234 e. The molecule has 2 rings (SSSR count). The molecule has 0 aliphatic heterocycles.